The molecule has 2 aromatic rings. The standard InChI is InChI=1S/C17H22ClN5O3/c1-11-19-17(23(25)26)16(21(11)2)20-14-4-3-7-22(10-14)9-12-8-13(18)5-6-15(12)24/h5-6,8,14,20,24H,3-4,7,9-10H2,1-2H3/t14-/m1/s1. The average molecular weight is 380 g/mol. The lowest BCUT2D eigenvalue weighted by molar-refractivity contribution is -0.388. The minimum absolute atomic E-state index is 0.0681. The maximum atomic E-state index is 11.2. The van der Waals surface area contributed by atoms with E-state index in [1.54, 1.807) is 36.7 Å². The minimum atomic E-state index is -0.458. The van der Waals surface area contributed by atoms with Gasteiger partial charge in [0.1, 0.15) is 5.75 Å². The van der Waals surface area contributed by atoms with Crippen molar-refractivity contribution in [3.63, 3.8) is 0 Å². The quantitative estimate of drug-likeness (QED) is 0.612. The smallest absolute Gasteiger partial charge is 0.406 e. The third-order valence-electron chi connectivity index (χ3n) is 4.76. The highest BCUT2D eigenvalue weighted by Crippen LogP contribution is 2.28. The van der Waals surface area contributed by atoms with Crippen LogP contribution in [0.5, 0.6) is 5.75 Å². The lowest BCUT2D eigenvalue weighted by Crippen LogP contribution is -2.42. The van der Waals surface area contributed by atoms with Crippen molar-refractivity contribution in [1.82, 2.24) is 14.5 Å². The Morgan fingerprint density at radius 3 is 3.00 bits per heavy atom. The van der Waals surface area contributed by atoms with Gasteiger partial charge in [-0.15, -0.1) is 0 Å². The van der Waals surface area contributed by atoms with Gasteiger partial charge in [-0.25, -0.2) is 0 Å². The first kappa shape index (κ1) is 18.5. The van der Waals surface area contributed by atoms with Gasteiger partial charge in [-0.3, -0.25) is 9.47 Å². The van der Waals surface area contributed by atoms with E-state index < -0.39 is 4.92 Å². The molecule has 1 atom stereocenters. The summed E-state index contributed by atoms with van der Waals surface area (Å²) in [6.45, 7) is 3.94. The largest absolute Gasteiger partial charge is 0.508 e. The number of piperidine rings is 1. The number of likely N-dealkylation sites (tertiary alicyclic amines) is 1. The summed E-state index contributed by atoms with van der Waals surface area (Å²) < 4.78 is 1.71. The SMILES string of the molecule is Cc1nc([N+](=O)[O-])c(N[C@@H]2CCCN(Cc3cc(Cl)ccc3O)C2)n1C. The number of anilines is 1. The van der Waals surface area contributed by atoms with Crippen LogP contribution < -0.4 is 5.32 Å². The molecule has 0 unspecified atom stereocenters. The Kier molecular flexibility index (Phi) is 5.33. The zero-order valence-electron chi connectivity index (χ0n) is 14.8. The van der Waals surface area contributed by atoms with Crippen LogP contribution >= 0.6 is 11.6 Å². The molecule has 0 aliphatic carbocycles. The van der Waals surface area contributed by atoms with Crippen LogP contribution in [-0.2, 0) is 13.6 Å². The molecule has 3 rings (SSSR count). The van der Waals surface area contributed by atoms with Crippen LogP contribution in [0.25, 0.3) is 0 Å². The fourth-order valence-corrected chi connectivity index (χ4v) is 3.51. The predicted octanol–water partition coefficient (Wildman–Crippen LogP) is 3.07. The summed E-state index contributed by atoms with van der Waals surface area (Å²) in [5.41, 5.74) is 0.778. The molecule has 1 fully saturated rings. The maximum Gasteiger partial charge on any atom is 0.406 e. The Hall–Kier alpha value is -2.32. The van der Waals surface area contributed by atoms with E-state index in [0.717, 1.165) is 24.9 Å². The number of nitro groups is 1. The number of imidazole rings is 1. The highest BCUT2D eigenvalue weighted by Gasteiger charge is 2.28. The molecule has 1 aliphatic heterocycles. The normalized spacial score (nSPS) is 18.0. The second-order valence-corrected chi connectivity index (χ2v) is 7.08. The number of rotatable bonds is 5. The minimum Gasteiger partial charge on any atom is -0.508 e. The maximum absolute atomic E-state index is 11.2. The van der Waals surface area contributed by atoms with E-state index in [4.69, 9.17) is 11.6 Å². The van der Waals surface area contributed by atoms with Gasteiger partial charge in [-0.05, 0) is 47.5 Å². The van der Waals surface area contributed by atoms with Crippen molar-refractivity contribution in [3.8, 4) is 5.75 Å². The van der Waals surface area contributed by atoms with E-state index >= 15 is 0 Å². The molecule has 0 bridgehead atoms. The highest BCUT2D eigenvalue weighted by atomic mass is 35.5. The number of phenols is 1. The number of hydrogen-bond donors (Lipinski definition) is 2. The van der Waals surface area contributed by atoms with Crippen LogP contribution in [0.3, 0.4) is 0 Å². The van der Waals surface area contributed by atoms with Crippen LogP contribution in [0.1, 0.15) is 24.2 Å². The number of nitrogens with zero attached hydrogens (tertiary/aromatic N) is 4. The van der Waals surface area contributed by atoms with Gasteiger partial charge in [-0.1, -0.05) is 11.6 Å². The number of phenolic OH excluding ortho intramolecular Hbond substituents is 1. The van der Waals surface area contributed by atoms with Gasteiger partial charge in [0.25, 0.3) is 0 Å². The molecule has 0 saturated carbocycles. The number of nitrogens with one attached hydrogen (secondary N) is 1. The average Bonchev–Trinajstić information content (AvgIpc) is 2.87. The molecule has 2 N–H and O–H groups in total. The number of aromatic hydroxyl groups is 1. The van der Waals surface area contributed by atoms with Crippen molar-refractivity contribution in [1.29, 1.82) is 0 Å². The molecule has 1 aromatic heterocycles. The summed E-state index contributed by atoms with van der Waals surface area (Å²) in [7, 11) is 1.77. The molecule has 0 amide bonds. The van der Waals surface area contributed by atoms with Crippen LogP contribution in [0.4, 0.5) is 11.6 Å². The van der Waals surface area contributed by atoms with Gasteiger partial charge in [0.2, 0.25) is 11.6 Å². The van der Waals surface area contributed by atoms with Crippen molar-refractivity contribution in [2.45, 2.75) is 32.4 Å². The van der Waals surface area contributed by atoms with Gasteiger partial charge in [-0.2, -0.15) is 0 Å². The molecule has 1 aromatic carbocycles. The first-order chi connectivity index (χ1) is 12.3. The summed E-state index contributed by atoms with van der Waals surface area (Å²) in [6.07, 6.45) is 1.88. The Balaban J connectivity index is 1.71. The Morgan fingerprint density at radius 2 is 2.27 bits per heavy atom. The first-order valence-corrected chi connectivity index (χ1v) is 8.87. The number of hydrogen-bond acceptors (Lipinski definition) is 6. The van der Waals surface area contributed by atoms with Crippen LogP contribution in [0, 0.1) is 17.0 Å². The lowest BCUT2D eigenvalue weighted by Gasteiger charge is -2.33. The second-order valence-electron chi connectivity index (χ2n) is 6.64. The topological polar surface area (TPSA) is 96.5 Å². The van der Waals surface area contributed by atoms with Crippen LogP contribution in [-0.4, -0.2) is 43.6 Å². The molecule has 0 radical (unpaired) electrons. The fourth-order valence-electron chi connectivity index (χ4n) is 3.31. The molecule has 8 nitrogen and oxygen atoms in total. The Labute approximate surface area is 156 Å². The summed E-state index contributed by atoms with van der Waals surface area (Å²) in [5, 5.41) is 25.1. The van der Waals surface area contributed by atoms with Crippen molar-refractivity contribution in [2.24, 2.45) is 7.05 Å². The van der Waals surface area contributed by atoms with Gasteiger partial charge in [0.15, 0.2) is 0 Å². The number of benzene rings is 1. The number of aryl methyl sites for hydroxylation is 1. The van der Waals surface area contributed by atoms with E-state index in [-0.39, 0.29) is 17.6 Å². The van der Waals surface area contributed by atoms with Crippen LogP contribution in [0.2, 0.25) is 5.02 Å². The fraction of sp³-hybridized carbons (Fsp3) is 0.471. The van der Waals surface area contributed by atoms with E-state index in [1.807, 2.05) is 0 Å². The van der Waals surface area contributed by atoms with E-state index in [0.29, 0.717) is 29.8 Å². The molecular weight excluding hydrogens is 358 g/mol. The van der Waals surface area contributed by atoms with E-state index in [1.165, 1.54) is 0 Å². The van der Waals surface area contributed by atoms with Crippen molar-refractivity contribution in [2.75, 3.05) is 18.4 Å². The molecule has 0 spiro atoms. The van der Waals surface area contributed by atoms with Crippen molar-refractivity contribution < 1.29 is 10.0 Å². The van der Waals surface area contributed by atoms with Gasteiger partial charge >= 0.3 is 5.82 Å². The molecular formula is C17H22ClN5O3. The number of aromatic nitrogens is 2. The van der Waals surface area contributed by atoms with Crippen molar-refractivity contribution >= 4 is 23.2 Å². The second kappa shape index (κ2) is 7.51. The zero-order chi connectivity index (χ0) is 18.8. The Morgan fingerprint density at radius 1 is 1.50 bits per heavy atom. The van der Waals surface area contributed by atoms with E-state index in [2.05, 4.69) is 15.2 Å². The zero-order valence-corrected chi connectivity index (χ0v) is 15.5. The van der Waals surface area contributed by atoms with Gasteiger partial charge in [0.05, 0.1) is 0 Å². The molecule has 9 heteroatoms. The number of halogens is 1. The molecule has 140 valence electrons. The van der Waals surface area contributed by atoms with Gasteiger partial charge < -0.3 is 20.5 Å². The van der Waals surface area contributed by atoms with Crippen molar-refractivity contribution in [3.05, 3.63) is 44.7 Å². The monoisotopic (exact) mass is 379 g/mol. The van der Waals surface area contributed by atoms with Gasteiger partial charge in [0, 0.05) is 43.7 Å². The van der Waals surface area contributed by atoms with Crippen LogP contribution in [0.15, 0.2) is 18.2 Å². The molecule has 2 heterocycles. The Bertz CT molecular complexity index is 823. The highest BCUT2D eigenvalue weighted by molar-refractivity contribution is 6.30. The molecule has 26 heavy (non-hydrogen) atoms. The van der Waals surface area contributed by atoms with E-state index in [9.17, 15) is 15.2 Å². The summed E-state index contributed by atoms with van der Waals surface area (Å²) in [4.78, 5) is 17.0. The summed E-state index contributed by atoms with van der Waals surface area (Å²) in [5.74, 6) is 1.11. The third kappa shape index (κ3) is 3.91. The predicted molar refractivity (Wildman–Crippen MR) is 99.6 cm³/mol. The first-order valence-electron chi connectivity index (χ1n) is 8.49. The summed E-state index contributed by atoms with van der Waals surface area (Å²) in [6, 6.07) is 5.09. The lowest BCUT2D eigenvalue weighted by atomic mass is 10.0. The third-order valence-corrected chi connectivity index (χ3v) is 4.99. The summed E-state index contributed by atoms with van der Waals surface area (Å²) >= 11 is 6.02. The molecule has 1 saturated heterocycles. The molecule has 1 aliphatic rings.